The predicted octanol–water partition coefficient (Wildman–Crippen LogP) is 0.0681. The van der Waals surface area contributed by atoms with Gasteiger partial charge in [0, 0.05) is 44.6 Å². The number of amides is 1. The van der Waals surface area contributed by atoms with Crippen molar-refractivity contribution in [2.75, 3.05) is 24.5 Å². The highest BCUT2D eigenvalue weighted by molar-refractivity contribution is 5.90. The van der Waals surface area contributed by atoms with Crippen LogP contribution in [0.15, 0.2) is 23.3 Å². The van der Waals surface area contributed by atoms with Crippen LogP contribution in [0.4, 0.5) is 5.69 Å². The van der Waals surface area contributed by atoms with E-state index in [1.165, 1.54) is 4.68 Å². The Balaban J connectivity index is 1.54. The van der Waals surface area contributed by atoms with Crippen molar-refractivity contribution >= 4 is 11.6 Å². The minimum atomic E-state index is -0.188. The van der Waals surface area contributed by atoms with Crippen LogP contribution < -0.4 is 15.8 Å². The van der Waals surface area contributed by atoms with E-state index in [1.807, 2.05) is 6.92 Å². The second-order valence-electron chi connectivity index (χ2n) is 5.90. The second kappa shape index (κ2) is 6.23. The van der Waals surface area contributed by atoms with Gasteiger partial charge in [0.15, 0.2) is 5.82 Å². The van der Waals surface area contributed by atoms with E-state index in [4.69, 9.17) is 0 Å². The highest BCUT2D eigenvalue weighted by atomic mass is 16.2. The molecule has 8 heteroatoms. The smallest absolute Gasteiger partial charge is 0.287 e. The van der Waals surface area contributed by atoms with Crippen molar-refractivity contribution in [2.45, 2.75) is 13.3 Å². The lowest BCUT2D eigenvalue weighted by Crippen LogP contribution is -2.32. The maximum absolute atomic E-state index is 12.0. The number of imidazole rings is 1. The number of anilines is 1. The number of nitrogens with zero attached hydrogens (tertiary/aromatic N) is 4. The Kier molecular flexibility index (Phi) is 4.14. The van der Waals surface area contributed by atoms with Crippen molar-refractivity contribution < 1.29 is 4.79 Å². The molecule has 1 amide bonds. The van der Waals surface area contributed by atoms with E-state index in [2.05, 4.69) is 25.3 Å². The Morgan fingerprint density at radius 3 is 3.00 bits per heavy atom. The van der Waals surface area contributed by atoms with Crippen molar-refractivity contribution in [3.8, 4) is 0 Å². The van der Waals surface area contributed by atoms with E-state index in [-0.39, 0.29) is 11.5 Å². The first kappa shape index (κ1) is 15.3. The van der Waals surface area contributed by atoms with Crippen molar-refractivity contribution in [1.29, 1.82) is 0 Å². The molecule has 0 saturated carbocycles. The fourth-order valence-electron chi connectivity index (χ4n) is 2.72. The Morgan fingerprint density at radius 1 is 1.48 bits per heavy atom. The van der Waals surface area contributed by atoms with E-state index in [1.54, 1.807) is 25.5 Å². The second-order valence-corrected chi connectivity index (χ2v) is 5.90. The van der Waals surface area contributed by atoms with E-state index < -0.39 is 0 Å². The number of rotatable bonds is 4. The topological polar surface area (TPSA) is 95.9 Å². The third-order valence-corrected chi connectivity index (χ3v) is 4.07. The molecule has 2 aromatic heterocycles. The first-order valence-corrected chi connectivity index (χ1v) is 7.61. The predicted molar refractivity (Wildman–Crippen MR) is 85.5 cm³/mol. The lowest BCUT2D eigenvalue weighted by atomic mass is 10.1. The molecule has 1 aliphatic heterocycles. The largest absolute Gasteiger partial charge is 0.370 e. The zero-order chi connectivity index (χ0) is 16.4. The third-order valence-electron chi connectivity index (χ3n) is 4.07. The molecular weight excluding hydrogens is 296 g/mol. The zero-order valence-electron chi connectivity index (χ0n) is 13.2. The summed E-state index contributed by atoms with van der Waals surface area (Å²) >= 11 is 0. The van der Waals surface area contributed by atoms with E-state index >= 15 is 0 Å². The van der Waals surface area contributed by atoms with E-state index in [0.29, 0.717) is 18.3 Å². The van der Waals surface area contributed by atoms with Crippen LogP contribution in [0.5, 0.6) is 0 Å². The molecule has 1 saturated heterocycles. The van der Waals surface area contributed by atoms with Gasteiger partial charge in [-0.05, 0) is 19.3 Å². The number of hydrogen-bond acceptors (Lipinski definition) is 5. The molecule has 3 rings (SSSR count). The molecule has 2 N–H and O–H groups in total. The number of aryl methyl sites for hydroxylation is 2. The van der Waals surface area contributed by atoms with Crippen LogP contribution in [0.25, 0.3) is 0 Å². The molecule has 0 spiro atoms. The maximum Gasteiger partial charge on any atom is 0.287 e. The van der Waals surface area contributed by atoms with Gasteiger partial charge in [-0.15, -0.1) is 0 Å². The van der Waals surface area contributed by atoms with Gasteiger partial charge in [-0.2, -0.15) is 5.10 Å². The molecular formula is C15H20N6O2. The van der Waals surface area contributed by atoms with Gasteiger partial charge < -0.3 is 15.2 Å². The molecule has 0 radical (unpaired) electrons. The molecule has 1 atom stereocenters. The van der Waals surface area contributed by atoms with Gasteiger partial charge in [-0.25, -0.2) is 9.67 Å². The molecule has 2 aromatic rings. The van der Waals surface area contributed by atoms with Gasteiger partial charge in [0.1, 0.15) is 0 Å². The average molecular weight is 316 g/mol. The minimum Gasteiger partial charge on any atom is -0.370 e. The first-order chi connectivity index (χ1) is 11.0. The highest BCUT2D eigenvalue weighted by Crippen LogP contribution is 2.21. The molecule has 3 heterocycles. The van der Waals surface area contributed by atoms with Crippen LogP contribution in [-0.2, 0) is 7.05 Å². The summed E-state index contributed by atoms with van der Waals surface area (Å²) in [5.41, 5.74) is 1.58. The number of H-pyrrole nitrogens is 1. The molecule has 8 nitrogen and oxygen atoms in total. The normalized spacial score (nSPS) is 17.5. The highest BCUT2D eigenvalue weighted by Gasteiger charge is 2.24. The molecule has 0 unspecified atom stereocenters. The number of carbonyl (C=O) groups excluding carboxylic acids is 1. The summed E-state index contributed by atoms with van der Waals surface area (Å²) in [4.78, 5) is 32.7. The molecule has 1 aliphatic rings. The Bertz CT molecular complexity index is 765. The number of aromatic nitrogens is 4. The number of nitrogens with one attached hydrogen (secondary N) is 2. The van der Waals surface area contributed by atoms with Crippen LogP contribution in [0.1, 0.15) is 22.7 Å². The van der Waals surface area contributed by atoms with Crippen molar-refractivity contribution in [1.82, 2.24) is 25.1 Å². The lowest BCUT2D eigenvalue weighted by molar-refractivity contribution is 0.0938. The molecule has 0 aliphatic carbocycles. The van der Waals surface area contributed by atoms with Crippen LogP contribution in [0, 0.1) is 12.8 Å². The van der Waals surface area contributed by atoms with Gasteiger partial charge in [-0.3, -0.25) is 9.59 Å². The van der Waals surface area contributed by atoms with Crippen LogP contribution >= 0.6 is 0 Å². The summed E-state index contributed by atoms with van der Waals surface area (Å²) in [6.07, 6.45) is 4.30. The summed E-state index contributed by atoms with van der Waals surface area (Å²) in [5, 5.41) is 6.95. The van der Waals surface area contributed by atoms with E-state index in [0.717, 1.165) is 30.9 Å². The molecule has 122 valence electrons. The fourth-order valence-corrected chi connectivity index (χ4v) is 2.72. The van der Waals surface area contributed by atoms with Crippen LogP contribution in [0.2, 0.25) is 0 Å². The molecule has 1 fully saturated rings. The minimum absolute atomic E-state index is 0.118. The molecule has 0 aromatic carbocycles. The maximum atomic E-state index is 12.0. The van der Waals surface area contributed by atoms with Crippen molar-refractivity contribution in [2.24, 2.45) is 13.0 Å². The van der Waals surface area contributed by atoms with Gasteiger partial charge in [0.25, 0.3) is 11.5 Å². The van der Waals surface area contributed by atoms with Gasteiger partial charge in [-0.1, -0.05) is 0 Å². The summed E-state index contributed by atoms with van der Waals surface area (Å²) in [7, 11) is 1.63. The summed E-state index contributed by atoms with van der Waals surface area (Å²) in [5.74, 6) is 0.499. The molecule has 23 heavy (non-hydrogen) atoms. The van der Waals surface area contributed by atoms with Crippen LogP contribution in [0.3, 0.4) is 0 Å². The standard InChI is InChI=1S/C15H20N6O2/c1-10-6-16-14(19-10)15(23)17-7-11-3-4-21(9-11)12-5-13(22)20(2)18-8-12/h5-6,8,11H,3-4,7,9H2,1-2H3,(H,16,19)(H,17,23)/t11-/m0/s1. The summed E-state index contributed by atoms with van der Waals surface area (Å²) < 4.78 is 1.31. The van der Waals surface area contributed by atoms with Gasteiger partial charge in [0.05, 0.1) is 11.9 Å². The van der Waals surface area contributed by atoms with Gasteiger partial charge >= 0.3 is 0 Å². The van der Waals surface area contributed by atoms with Crippen molar-refractivity contribution in [3.63, 3.8) is 0 Å². The third kappa shape index (κ3) is 3.41. The Hall–Kier alpha value is -2.64. The summed E-state index contributed by atoms with van der Waals surface area (Å²) in [6, 6.07) is 1.60. The molecule has 0 bridgehead atoms. The average Bonchev–Trinajstić information content (AvgIpc) is 3.17. The quantitative estimate of drug-likeness (QED) is 0.832. The SMILES string of the molecule is Cc1cnc(C(=O)NC[C@@H]2CCN(c3cnn(C)c(=O)c3)C2)[nH]1. The zero-order valence-corrected chi connectivity index (χ0v) is 13.2. The van der Waals surface area contributed by atoms with Crippen molar-refractivity contribution in [3.05, 3.63) is 40.3 Å². The summed E-state index contributed by atoms with van der Waals surface area (Å²) in [6.45, 7) is 4.10. The Morgan fingerprint density at radius 2 is 2.30 bits per heavy atom. The monoisotopic (exact) mass is 316 g/mol. The van der Waals surface area contributed by atoms with Crippen LogP contribution in [-0.4, -0.2) is 45.3 Å². The number of carbonyl (C=O) groups is 1. The first-order valence-electron chi connectivity index (χ1n) is 7.61. The van der Waals surface area contributed by atoms with E-state index in [9.17, 15) is 9.59 Å². The number of aromatic amines is 1. The number of hydrogen-bond donors (Lipinski definition) is 2. The lowest BCUT2D eigenvalue weighted by Gasteiger charge is -2.18. The van der Waals surface area contributed by atoms with Gasteiger partial charge in [0.2, 0.25) is 0 Å². The Labute approximate surface area is 133 Å². The fraction of sp³-hybridized carbons (Fsp3) is 0.467.